The first kappa shape index (κ1) is 19.3. The summed E-state index contributed by atoms with van der Waals surface area (Å²) in [6.45, 7) is 5.49. The van der Waals surface area contributed by atoms with Gasteiger partial charge in [0.05, 0.1) is 5.69 Å². The lowest BCUT2D eigenvalue weighted by molar-refractivity contribution is 0.278. The predicted molar refractivity (Wildman–Crippen MR) is 115 cm³/mol. The molecular weight excluding hydrogens is 362 g/mol. The van der Waals surface area contributed by atoms with E-state index in [0.29, 0.717) is 12.5 Å². The van der Waals surface area contributed by atoms with Gasteiger partial charge in [-0.15, -0.1) is 0 Å². The molecule has 6 heteroatoms. The van der Waals surface area contributed by atoms with Crippen LogP contribution in [0.2, 0.25) is 0 Å². The van der Waals surface area contributed by atoms with E-state index in [1.54, 1.807) is 6.20 Å². The SMILES string of the molecule is Cc1ccccc1CN1CCc2nc(N(C)Cc3cccnc3)[nH]c(=O)c2CC1. The first-order valence-electron chi connectivity index (χ1n) is 10.1. The van der Waals surface area contributed by atoms with Crippen LogP contribution in [0.5, 0.6) is 0 Å². The second kappa shape index (κ2) is 8.57. The van der Waals surface area contributed by atoms with Crippen molar-refractivity contribution in [2.24, 2.45) is 0 Å². The van der Waals surface area contributed by atoms with Crippen LogP contribution in [0, 0.1) is 6.92 Å². The Morgan fingerprint density at radius 1 is 1.14 bits per heavy atom. The van der Waals surface area contributed by atoms with Crippen LogP contribution in [0.15, 0.2) is 53.6 Å². The summed E-state index contributed by atoms with van der Waals surface area (Å²) in [5.41, 5.74) is 5.48. The second-order valence-electron chi connectivity index (χ2n) is 7.73. The van der Waals surface area contributed by atoms with E-state index in [9.17, 15) is 4.79 Å². The molecule has 1 aliphatic rings. The number of aromatic nitrogens is 3. The zero-order valence-electron chi connectivity index (χ0n) is 17.1. The molecule has 3 aromatic rings. The Labute approximate surface area is 171 Å². The van der Waals surface area contributed by atoms with Crippen LogP contribution in [0.25, 0.3) is 0 Å². The summed E-state index contributed by atoms with van der Waals surface area (Å²) in [5.74, 6) is 0.616. The summed E-state index contributed by atoms with van der Waals surface area (Å²) < 4.78 is 0. The molecule has 4 rings (SSSR count). The fraction of sp³-hybridized carbons (Fsp3) is 0.348. The normalized spacial score (nSPS) is 14.3. The van der Waals surface area contributed by atoms with Gasteiger partial charge in [0.15, 0.2) is 0 Å². The number of anilines is 1. The third-order valence-electron chi connectivity index (χ3n) is 5.59. The number of hydrogen-bond acceptors (Lipinski definition) is 5. The number of nitrogens with zero attached hydrogens (tertiary/aromatic N) is 4. The number of H-pyrrole nitrogens is 1. The molecule has 1 aromatic carbocycles. The van der Waals surface area contributed by atoms with Crippen LogP contribution in [-0.2, 0) is 25.9 Å². The number of aryl methyl sites for hydroxylation is 1. The van der Waals surface area contributed by atoms with Crippen molar-refractivity contribution < 1.29 is 0 Å². The number of hydrogen-bond donors (Lipinski definition) is 1. The van der Waals surface area contributed by atoms with Crippen molar-refractivity contribution in [1.29, 1.82) is 0 Å². The van der Waals surface area contributed by atoms with Gasteiger partial charge in [-0.25, -0.2) is 4.98 Å². The molecule has 0 bridgehead atoms. The minimum absolute atomic E-state index is 0.0132. The number of rotatable bonds is 5. The monoisotopic (exact) mass is 389 g/mol. The molecule has 0 amide bonds. The van der Waals surface area contributed by atoms with Gasteiger partial charge < -0.3 is 4.90 Å². The van der Waals surface area contributed by atoms with Gasteiger partial charge in [-0.05, 0) is 36.1 Å². The number of nitrogens with one attached hydrogen (secondary N) is 1. The standard InChI is InChI=1S/C23H27N5O/c1-17-6-3-4-8-19(17)16-28-12-9-20-21(10-13-28)25-23(26-22(20)29)27(2)15-18-7-5-11-24-14-18/h3-8,11,14H,9-10,12-13,15-16H2,1-2H3,(H,25,26,29). The summed E-state index contributed by atoms with van der Waals surface area (Å²) in [6.07, 6.45) is 5.12. The fourth-order valence-corrected chi connectivity index (χ4v) is 3.85. The average molecular weight is 390 g/mol. The van der Waals surface area contributed by atoms with E-state index >= 15 is 0 Å². The highest BCUT2D eigenvalue weighted by molar-refractivity contribution is 5.34. The van der Waals surface area contributed by atoms with E-state index in [1.165, 1.54) is 11.1 Å². The van der Waals surface area contributed by atoms with Crippen LogP contribution in [-0.4, -0.2) is 40.0 Å². The van der Waals surface area contributed by atoms with Gasteiger partial charge in [0.2, 0.25) is 5.95 Å². The molecule has 0 aliphatic carbocycles. The predicted octanol–water partition coefficient (Wildman–Crippen LogP) is 2.71. The summed E-state index contributed by atoms with van der Waals surface area (Å²) in [5, 5.41) is 0. The Hall–Kier alpha value is -2.99. The van der Waals surface area contributed by atoms with Gasteiger partial charge in [-0.2, -0.15) is 0 Å². The highest BCUT2D eigenvalue weighted by atomic mass is 16.1. The lowest BCUT2D eigenvalue weighted by Gasteiger charge is -2.20. The van der Waals surface area contributed by atoms with Crippen molar-refractivity contribution in [3.8, 4) is 0 Å². The molecule has 0 unspecified atom stereocenters. The highest BCUT2D eigenvalue weighted by Crippen LogP contribution is 2.17. The molecule has 0 saturated carbocycles. The minimum atomic E-state index is -0.0132. The molecule has 0 spiro atoms. The molecule has 6 nitrogen and oxygen atoms in total. The van der Waals surface area contributed by atoms with Crippen molar-refractivity contribution in [2.45, 2.75) is 32.9 Å². The number of aromatic amines is 1. The smallest absolute Gasteiger partial charge is 0.255 e. The van der Waals surface area contributed by atoms with Crippen LogP contribution in [0.4, 0.5) is 5.95 Å². The van der Waals surface area contributed by atoms with E-state index in [0.717, 1.165) is 49.3 Å². The lowest BCUT2D eigenvalue weighted by Crippen LogP contribution is -2.27. The Kier molecular flexibility index (Phi) is 5.71. The number of benzene rings is 1. The van der Waals surface area contributed by atoms with Crippen LogP contribution in [0.3, 0.4) is 0 Å². The minimum Gasteiger partial charge on any atom is -0.341 e. The molecule has 1 N–H and O–H groups in total. The maximum Gasteiger partial charge on any atom is 0.255 e. The third kappa shape index (κ3) is 4.54. The average Bonchev–Trinajstić information content (AvgIpc) is 2.93. The first-order chi connectivity index (χ1) is 14.1. The van der Waals surface area contributed by atoms with Gasteiger partial charge >= 0.3 is 0 Å². The summed E-state index contributed by atoms with van der Waals surface area (Å²) >= 11 is 0. The second-order valence-corrected chi connectivity index (χ2v) is 7.73. The van der Waals surface area contributed by atoms with Crippen LogP contribution in [0.1, 0.15) is 27.9 Å². The van der Waals surface area contributed by atoms with Gasteiger partial charge in [-0.1, -0.05) is 30.3 Å². The van der Waals surface area contributed by atoms with Gasteiger partial charge in [0.25, 0.3) is 5.56 Å². The molecule has 0 atom stereocenters. The lowest BCUT2D eigenvalue weighted by atomic mass is 10.1. The molecule has 1 aliphatic heterocycles. The zero-order chi connectivity index (χ0) is 20.2. The summed E-state index contributed by atoms with van der Waals surface area (Å²) in [7, 11) is 1.94. The topological polar surface area (TPSA) is 65.1 Å². The van der Waals surface area contributed by atoms with Crippen molar-refractivity contribution in [2.75, 3.05) is 25.0 Å². The first-order valence-corrected chi connectivity index (χ1v) is 10.1. The number of pyridine rings is 1. The maximum atomic E-state index is 12.8. The van der Waals surface area contributed by atoms with E-state index in [4.69, 9.17) is 4.98 Å². The molecule has 3 heterocycles. The van der Waals surface area contributed by atoms with Crippen molar-refractivity contribution in [3.05, 3.63) is 87.1 Å². The maximum absolute atomic E-state index is 12.8. The highest BCUT2D eigenvalue weighted by Gasteiger charge is 2.20. The van der Waals surface area contributed by atoms with E-state index < -0.39 is 0 Å². The third-order valence-corrected chi connectivity index (χ3v) is 5.59. The summed E-state index contributed by atoms with van der Waals surface area (Å²) in [6, 6.07) is 12.4. The molecule has 0 fully saturated rings. The Balaban J connectivity index is 1.49. The zero-order valence-corrected chi connectivity index (χ0v) is 17.1. The Morgan fingerprint density at radius 2 is 1.97 bits per heavy atom. The van der Waals surface area contributed by atoms with E-state index in [-0.39, 0.29) is 5.56 Å². The summed E-state index contributed by atoms with van der Waals surface area (Å²) in [4.78, 5) is 29.1. The van der Waals surface area contributed by atoms with Crippen LogP contribution < -0.4 is 10.5 Å². The largest absolute Gasteiger partial charge is 0.341 e. The molecule has 150 valence electrons. The van der Waals surface area contributed by atoms with E-state index in [1.807, 2.05) is 30.3 Å². The Bertz CT molecular complexity index is 1030. The number of fused-ring (bicyclic) bond motifs is 1. The van der Waals surface area contributed by atoms with Gasteiger partial charge in [0, 0.05) is 57.6 Å². The fourth-order valence-electron chi connectivity index (χ4n) is 3.85. The molecule has 0 radical (unpaired) electrons. The van der Waals surface area contributed by atoms with Crippen LogP contribution >= 0.6 is 0 Å². The molecule has 2 aromatic heterocycles. The van der Waals surface area contributed by atoms with Gasteiger partial charge in [0.1, 0.15) is 0 Å². The van der Waals surface area contributed by atoms with Crippen molar-refractivity contribution in [1.82, 2.24) is 19.9 Å². The molecular formula is C23H27N5O. The molecule has 29 heavy (non-hydrogen) atoms. The van der Waals surface area contributed by atoms with Crippen molar-refractivity contribution in [3.63, 3.8) is 0 Å². The van der Waals surface area contributed by atoms with Crippen molar-refractivity contribution >= 4 is 5.95 Å². The van der Waals surface area contributed by atoms with E-state index in [2.05, 4.69) is 46.1 Å². The Morgan fingerprint density at radius 3 is 2.76 bits per heavy atom. The quantitative estimate of drug-likeness (QED) is 0.727. The molecule has 0 saturated heterocycles. The van der Waals surface area contributed by atoms with Gasteiger partial charge in [-0.3, -0.25) is 19.7 Å².